The minimum atomic E-state index is -1.71. The minimum absolute atomic E-state index is 0.361. The number of nitro groups is 1. The summed E-state index contributed by atoms with van der Waals surface area (Å²) in [5, 5.41) is 29.7. The van der Waals surface area contributed by atoms with Gasteiger partial charge in [0.05, 0.1) is 11.3 Å². The van der Waals surface area contributed by atoms with E-state index in [2.05, 4.69) is 0 Å². The van der Waals surface area contributed by atoms with E-state index in [1.807, 2.05) is 5.32 Å². The average Bonchev–Trinajstić information content (AvgIpc) is 2.37. The lowest BCUT2D eigenvalue weighted by atomic mass is 10.1. The molecule has 0 radical (unpaired) electrons. The van der Waals surface area contributed by atoms with E-state index in [1.165, 1.54) is 0 Å². The summed E-state index contributed by atoms with van der Waals surface area (Å²) in [5.41, 5.74) is -1.31. The number of nitrogens with one attached hydrogen (secondary N) is 1. The van der Waals surface area contributed by atoms with Gasteiger partial charge in [0.15, 0.2) is 0 Å². The molecular weight excluding hydrogens is 291 g/mol. The molecule has 3 N–H and O–H groups in total. The fourth-order valence-corrected chi connectivity index (χ4v) is 1.41. The summed E-state index contributed by atoms with van der Waals surface area (Å²) < 4.78 is 13.1. The third-order valence-electron chi connectivity index (χ3n) is 2.39. The smallest absolute Gasteiger partial charge is 0.326 e. The van der Waals surface area contributed by atoms with E-state index in [0.717, 1.165) is 6.07 Å². The van der Waals surface area contributed by atoms with Crippen LogP contribution >= 0.6 is 0 Å². The Hall–Kier alpha value is -3.04. The van der Waals surface area contributed by atoms with Crippen LogP contribution in [0.15, 0.2) is 18.2 Å². The highest BCUT2D eigenvalue weighted by Gasteiger charge is 2.25. The predicted molar refractivity (Wildman–Crippen MR) is 64.2 cm³/mol. The monoisotopic (exact) mass is 300 g/mol. The molecule has 1 atom stereocenters. The van der Waals surface area contributed by atoms with Gasteiger partial charge in [-0.2, -0.15) is 4.39 Å². The zero-order chi connectivity index (χ0) is 16.2. The summed E-state index contributed by atoms with van der Waals surface area (Å²) in [6, 6.07) is 0.515. The average molecular weight is 300 g/mol. The van der Waals surface area contributed by atoms with Gasteiger partial charge in [-0.3, -0.25) is 19.7 Å². The summed E-state index contributed by atoms with van der Waals surface area (Å²) in [7, 11) is 0. The molecule has 0 saturated carbocycles. The molecule has 9 nitrogen and oxygen atoms in total. The van der Waals surface area contributed by atoms with Crippen LogP contribution in [0.2, 0.25) is 0 Å². The second kappa shape index (κ2) is 6.41. The Morgan fingerprint density at radius 3 is 2.43 bits per heavy atom. The van der Waals surface area contributed by atoms with E-state index in [4.69, 9.17) is 10.2 Å². The van der Waals surface area contributed by atoms with Gasteiger partial charge in [0.1, 0.15) is 6.04 Å². The van der Waals surface area contributed by atoms with Crippen molar-refractivity contribution in [3.05, 3.63) is 39.7 Å². The van der Waals surface area contributed by atoms with Crippen molar-refractivity contribution in [2.75, 3.05) is 0 Å². The number of carboxylic acids is 2. The molecule has 112 valence electrons. The van der Waals surface area contributed by atoms with Crippen molar-refractivity contribution in [2.24, 2.45) is 0 Å². The Bertz CT molecular complexity index is 617. The fourth-order valence-electron chi connectivity index (χ4n) is 1.41. The Morgan fingerprint density at radius 1 is 1.33 bits per heavy atom. The van der Waals surface area contributed by atoms with Crippen molar-refractivity contribution in [1.29, 1.82) is 0 Å². The van der Waals surface area contributed by atoms with Gasteiger partial charge in [-0.25, -0.2) is 4.79 Å². The van der Waals surface area contributed by atoms with Gasteiger partial charge in [0, 0.05) is 11.6 Å². The maximum absolute atomic E-state index is 13.1. The highest BCUT2D eigenvalue weighted by Crippen LogP contribution is 2.18. The zero-order valence-corrected chi connectivity index (χ0v) is 10.3. The molecule has 0 aliphatic heterocycles. The third-order valence-corrected chi connectivity index (χ3v) is 2.39. The minimum Gasteiger partial charge on any atom is -0.481 e. The molecule has 10 heteroatoms. The van der Waals surface area contributed by atoms with Crippen molar-refractivity contribution < 1.29 is 33.9 Å². The normalized spacial score (nSPS) is 11.5. The topological polar surface area (TPSA) is 147 Å². The van der Waals surface area contributed by atoms with Crippen molar-refractivity contribution in [2.45, 2.75) is 12.5 Å². The second-order valence-corrected chi connectivity index (χ2v) is 3.89. The molecular formula is C11H9FN2O7. The van der Waals surface area contributed by atoms with E-state index in [1.54, 1.807) is 0 Å². The molecule has 1 aromatic rings. The van der Waals surface area contributed by atoms with E-state index in [0.29, 0.717) is 12.1 Å². The van der Waals surface area contributed by atoms with Gasteiger partial charge in [0.2, 0.25) is 5.82 Å². The van der Waals surface area contributed by atoms with Crippen LogP contribution < -0.4 is 5.32 Å². The Kier molecular flexibility index (Phi) is 4.89. The number of halogens is 1. The molecule has 0 aromatic heterocycles. The SMILES string of the molecule is O=C(O)C[C@H](NC(=O)c1ccc(F)c([N+](=O)[O-])c1)C(=O)O. The first-order valence-electron chi connectivity index (χ1n) is 5.41. The highest BCUT2D eigenvalue weighted by molar-refractivity contribution is 5.97. The maximum Gasteiger partial charge on any atom is 0.326 e. The summed E-state index contributed by atoms with van der Waals surface area (Å²) in [5.74, 6) is -5.25. The molecule has 0 bridgehead atoms. The molecule has 1 rings (SSSR count). The number of nitro benzene ring substituents is 1. The Labute approximate surface area is 116 Å². The quantitative estimate of drug-likeness (QED) is 0.508. The number of carboxylic acid groups (broad SMARTS) is 2. The molecule has 1 aromatic carbocycles. The van der Waals surface area contributed by atoms with E-state index >= 15 is 0 Å². The second-order valence-electron chi connectivity index (χ2n) is 3.89. The largest absolute Gasteiger partial charge is 0.481 e. The van der Waals surface area contributed by atoms with Crippen molar-refractivity contribution in [3.8, 4) is 0 Å². The van der Waals surface area contributed by atoms with Crippen LogP contribution in [0.3, 0.4) is 0 Å². The summed E-state index contributed by atoms with van der Waals surface area (Å²) in [6.45, 7) is 0. The van der Waals surface area contributed by atoms with Gasteiger partial charge in [0.25, 0.3) is 5.91 Å². The first-order valence-corrected chi connectivity index (χ1v) is 5.41. The van der Waals surface area contributed by atoms with Crippen LogP contribution in [-0.2, 0) is 9.59 Å². The molecule has 0 heterocycles. The number of carbonyl (C=O) groups is 3. The molecule has 21 heavy (non-hydrogen) atoms. The van der Waals surface area contributed by atoms with E-state index in [9.17, 15) is 28.9 Å². The molecule has 0 fully saturated rings. The summed E-state index contributed by atoms with van der Waals surface area (Å²) >= 11 is 0. The molecule has 0 spiro atoms. The maximum atomic E-state index is 13.1. The van der Waals surface area contributed by atoms with Crippen molar-refractivity contribution in [1.82, 2.24) is 5.32 Å². The Morgan fingerprint density at radius 2 is 1.95 bits per heavy atom. The lowest BCUT2D eigenvalue weighted by Crippen LogP contribution is -2.42. The number of nitrogens with zero attached hydrogens (tertiary/aromatic N) is 1. The number of amides is 1. The number of hydrogen-bond donors (Lipinski definition) is 3. The van der Waals surface area contributed by atoms with Crippen LogP contribution in [0.5, 0.6) is 0 Å². The van der Waals surface area contributed by atoms with Gasteiger partial charge in [-0.1, -0.05) is 0 Å². The number of hydrogen-bond acceptors (Lipinski definition) is 5. The van der Waals surface area contributed by atoms with Crippen LogP contribution in [-0.4, -0.2) is 39.0 Å². The van der Waals surface area contributed by atoms with Gasteiger partial charge in [-0.15, -0.1) is 0 Å². The zero-order valence-electron chi connectivity index (χ0n) is 10.3. The first kappa shape index (κ1) is 16.0. The lowest BCUT2D eigenvalue weighted by Gasteiger charge is -2.12. The highest BCUT2D eigenvalue weighted by atomic mass is 19.1. The predicted octanol–water partition coefficient (Wildman–Crippen LogP) is 0.392. The molecule has 1 amide bonds. The molecule has 0 unspecified atom stereocenters. The number of benzene rings is 1. The van der Waals surface area contributed by atoms with E-state index in [-0.39, 0.29) is 5.56 Å². The van der Waals surface area contributed by atoms with Gasteiger partial charge >= 0.3 is 17.6 Å². The van der Waals surface area contributed by atoms with E-state index < -0.39 is 46.7 Å². The lowest BCUT2D eigenvalue weighted by molar-refractivity contribution is -0.387. The molecule has 0 aliphatic carbocycles. The van der Waals surface area contributed by atoms with Crippen molar-refractivity contribution >= 4 is 23.5 Å². The summed E-state index contributed by atoms with van der Waals surface area (Å²) in [4.78, 5) is 42.5. The van der Waals surface area contributed by atoms with Crippen LogP contribution in [0.25, 0.3) is 0 Å². The van der Waals surface area contributed by atoms with Gasteiger partial charge < -0.3 is 15.5 Å². The third kappa shape index (κ3) is 4.23. The van der Waals surface area contributed by atoms with Crippen molar-refractivity contribution in [3.63, 3.8) is 0 Å². The standard InChI is InChI=1S/C11H9FN2O7/c12-6-2-1-5(3-8(6)14(20)21)10(17)13-7(11(18)19)4-9(15)16/h1-3,7H,4H2,(H,13,17)(H,15,16)(H,18,19)/t7-/m0/s1. The fraction of sp³-hybridized carbons (Fsp3) is 0.182. The summed E-state index contributed by atoms with van der Waals surface area (Å²) in [6.07, 6.45) is -0.871. The van der Waals surface area contributed by atoms with Crippen LogP contribution in [0, 0.1) is 15.9 Å². The van der Waals surface area contributed by atoms with Crippen LogP contribution in [0.1, 0.15) is 16.8 Å². The first-order chi connectivity index (χ1) is 9.72. The molecule has 0 saturated heterocycles. The van der Waals surface area contributed by atoms with Gasteiger partial charge in [-0.05, 0) is 12.1 Å². The number of rotatable bonds is 6. The molecule has 0 aliphatic rings. The number of aliphatic carboxylic acids is 2. The Balaban J connectivity index is 2.97. The number of carbonyl (C=O) groups excluding carboxylic acids is 1. The van der Waals surface area contributed by atoms with Crippen LogP contribution in [0.4, 0.5) is 10.1 Å².